The maximum Gasteiger partial charge on any atom is 0.264 e. The Labute approximate surface area is 401 Å². The minimum absolute atomic E-state index is 0.0229. The average Bonchev–Trinajstić information content (AvgIpc) is 4.18. The first-order chi connectivity index (χ1) is 33.4. The van der Waals surface area contributed by atoms with Gasteiger partial charge < -0.3 is 40.1 Å². The van der Waals surface area contributed by atoms with Gasteiger partial charge in [0.15, 0.2) is 5.60 Å². The highest BCUT2D eigenvalue weighted by Gasteiger charge is 2.66. The predicted octanol–water partition coefficient (Wildman–Crippen LogP) is 8.00. The number of aliphatic hydroxyl groups excluding tert-OH is 1. The van der Waals surface area contributed by atoms with Gasteiger partial charge in [0.1, 0.15) is 5.75 Å². The Kier molecular flexibility index (Phi) is 12.3. The van der Waals surface area contributed by atoms with Gasteiger partial charge in [-0.15, -0.1) is 5.10 Å². The first-order valence-electron chi connectivity index (χ1n) is 23.5. The molecule has 14 nitrogen and oxygen atoms in total. The summed E-state index contributed by atoms with van der Waals surface area (Å²) in [6, 6.07) is 37.4. The Balaban J connectivity index is 0.975. The third-order valence-electron chi connectivity index (χ3n) is 14.3. The Morgan fingerprint density at radius 2 is 1.46 bits per heavy atom. The third kappa shape index (κ3) is 8.62. The lowest BCUT2D eigenvalue weighted by molar-refractivity contribution is -0.146. The first kappa shape index (κ1) is 45.4. The van der Waals surface area contributed by atoms with Gasteiger partial charge in [0, 0.05) is 82.8 Å². The maximum absolute atomic E-state index is 15.7. The van der Waals surface area contributed by atoms with Crippen LogP contribution in [0.15, 0.2) is 134 Å². The molecule has 0 aliphatic carbocycles. The molecule has 3 aromatic heterocycles. The van der Waals surface area contributed by atoms with Gasteiger partial charge in [0.05, 0.1) is 52.1 Å². The summed E-state index contributed by atoms with van der Waals surface area (Å²) in [5.74, 6) is -0.0000592. The van der Waals surface area contributed by atoms with Crippen LogP contribution in [-0.4, -0.2) is 75.7 Å². The molecular formula is C54H56N8O6Si. The zero-order valence-corrected chi connectivity index (χ0v) is 40.2. The number of nitrogens with one attached hydrogen (secondary N) is 4. The van der Waals surface area contributed by atoms with E-state index >= 15 is 4.79 Å². The van der Waals surface area contributed by atoms with Crippen LogP contribution in [0.5, 0.6) is 5.75 Å². The van der Waals surface area contributed by atoms with Crippen LogP contribution in [0.1, 0.15) is 41.3 Å². The molecule has 0 saturated carbocycles. The number of aryl methyl sites for hydroxylation is 1. The van der Waals surface area contributed by atoms with E-state index in [0.717, 1.165) is 44.2 Å². The largest absolute Gasteiger partial charge is 0.497 e. The fourth-order valence-electron chi connectivity index (χ4n) is 10.9. The molecule has 5 aromatic carbocycles. The first-order valence-corrected chi connectivity index (χ1v) is 26.6. The highest BCUT2D eigenvalue weighted by Crippen LogP contribution is 2.60. The molecule has 69 heavy (non-hydrogen) atoms. The molecular weight excluding hydrogens is 885 g/mol. The SMILES string of the molecule is COc1ccc([Si](C)(C)[C@@H]2[C@@H](CCn3cc(CCO)nn3)O[C@]3(C(=O)N(Cc4ccc(NC(=O)Cc5c[nH]c6ccccc56)cc4)c4ccc(NC(=O)Cc5c[nH]c6ccccc56)cc43)[C@H]2C)cc1. The number of rotatable bonds is 16. The number of hydrogen-bond acceptors (Lipinski definition) is 8. The lowest BCUT2D eigenvalue weighted by atomic mass is 9.82. The van der Waals surface area contributed by atoms with Gasteiger partial charge in [-0.2, -0.15) is 0 Å². The lowest BCUT2D eigenvalue weighted by Gasteiger charge is -2.37. The smallest absolute Gasteiger partial charge is 0.264 e. The number of fused-ring (bicyclic) bond motifs is 4. The summed E-state index contributed by atoms with van der Waals surface area (Å²) >= 11 is 0. The van der Waals surface area contributed by atoms with Crippen molar-refractivity contribution in [1.29, 1.82) is 0 Å². The number of methoxy groups -OCH3 is 1. The van der Waals surface area contributed by atoms with Crippen molar-refractivity contribution >= 4 is 69.9 Å². The van der Waals surface area contributed by atoms with Crippen molar-refractivity contribution in [3.05, 3.63) is 162 Å². The monoisotopic (exact) mass is 940 g/mol. The van der Waals surface area contributed by atoms with Gasteiger partial charge in [0.2, 0.25) is 11.8 Å². The molecule has 10 rings (SSSR count). The van der Waals surface area contributed by atoms with Crippen LogP contribution in [0.4, 0.5) is 17.1 Å². The lowest BCUT2D eigenvalue weighted by Crippen LogP contribution is -2.51. The van der Waals surface area contributed by atoms with E-state index in [1.807, 2.05) is 127 Å². The highest BCUT2D eigenvalue weighted by molar-refractivity contribution is 6.91. The molecule has 1 spiro atoms. The predicted molar refractivity (Wildman–Crippen MR) is 270 cm³/mol. The fraction of sp³-hybridized carbons (Fsp3) is 0.278. The van der Waals surface area contributed by atoms with Crippen LogP contribution < -0.4 is 25.5 Å². The van der Waals surface area contributed by atoms with E-state index in [9.17, 15) is 14.7 Å². The Bertz CT molecular complexity index is 3180. The third-order valence-corrected chi connectivity index (χ3v) is 18.7. The maximum atomic E-state index is 15.7. The number of benzene rings is 5. The van der Waals surface area contributed by atoms with E-state index in [0.29, 0.717) is 47.7 Å². The average molecular weight is 941 g/mol. The number of aliphatic hydroxyl groups is 1. The quantitative estimate of drug-likeness (QED) is 0.0605. The topological polar surface area (TPSA) is 179 Å². The number of H-pyrrole nitrogens is 2. The van der Waals surface area contributed by atoms with E-state index in [-0.39, 0.29) is 61.3 Å². The highest BCUT2D eigenvalue weighted by atomic mass is 28.3. The van der Waals surface area contributed by atoms with Crippen molar-refractivity contribution in [2.45, 2.75) is 76.0 Å². The van der Waals surface area contributed by atoms with Gasteiger partial charge >= 0.3 is 0 Å². The summed E-state index contributed by atoms with van der Waals surface area (Å²) in [6.45, 7) is 7.57. The zero-order chi connectivity index (χ0) is 47.9. The van der Waals surface area contributed by atoms with Crippen LogP contribution in [0.3, 0.4) is 0 Å². The fourth-order valence-corrected chi connectivity index (χ4v) is 15.0. The minimum atomic E-state index is -2.49. The molecule has 2 aliphatic heterocycles. The Morgan fingerprint density at radius 1 is 0.841 bits per heavy atom. The molecule has 8 aromatic rings. The molecule has 0 unspecified atom stereocenters. The molecule has 4 atom stereocenters. The van der Waals surface area contributed by atoms with E-state index in [2.05, 4.69) is 63.1 Å². The molecule has 1 fully saturated rings. The number of para-hydroxylation sites is 2. The molecule has 1 saturated heterocycles. The molecule has 352 valence electrons. The second kappa shape index (κ2) is 18.6. The van der Waals surface area contributed by atoms with Crippen molar-refractivity contribution in [3.8, 4) is 5.75 Å². The zero-order valence-electron chi connectivity index (χ0n) is 39.2. The van der Waals surface area contributed by atoms with Crippen molar-refractivity contribution in [3.63, 3.8) is 0 Å². The normalized spacial score (nSPS) is 18.9. The van der Waals surface area contributed by atoms with E-state index in [1.165, 1.54) is 5.19 Å². The second-order valence-corrected chi connectivity index (χ2v) is 23.6. The van der Waals surface area contributed by atoms with Gasteiger partial charge in [-0.05, 0) is 83.2 Å². The van der Waals surface area contributed by atoms with E-state index < -0.39 is 13.7 Å². The summed E-state index contributed by atoms with van der Waals surface area (Å²) in [6.07, 6.45) is 6.60. The van der Waals surface area contributed by atoms with Crippen molar-refractivity contribution < 1.29 is 29.0 Å². The summed E-state index contributed by atoms with van der Waals surface area (Å²) < 4.78 is 14.8. The number of aromatic amines is 2. The number of nitrogens with zero attached hydrogens (tertiary/aromatic N) is 4. The van der Waals surface area contributed by atoms with Gasteiger partial charge in [0.25, 0.3) is 5.91 Å². The van der Waals surface area contributed by atoms with Crippen molar-refractivity contribution in [2.75, 3.05) is 29.3 Å². The molecule has 5 N–H and O–H groups in total. The number of amides is 3. The van der Waals surface area contributed by atoms with Crippen LogP contribution >= 0.6 is 0 Å². The van der Waals surface area contributed by atoms with Gasteiger partial charge in [-0.3, -0.25) is 19.1 Å². The van der Waals surface area contributed by atoms with E-state index in [4.69, 9.17) is 9.47 Å². The standard InChI is InChI=1S/C54H56N8O6Si/c1-34-52(69(3,4)42-20-18-41(67-2)19-21-42)49(23-25-61-33-40(24-26-63)59-60-61)68-54(34)45-29-39(58-51(65)28-37-31-56-47-12-8-6-10-44(37)47)17-22-48(45)62(53(54)66)32-35-13-15-38(16-14-35)57-50(64)27-36-30-55-46-11-7-5-9-43(36)46/h5-22,29-31,33-34,49,52,55-56,63H,23-28,32H2,1-4H3,(H,57,64)(H,58,65)/t34-,49+,52-,54+/m0/s1. The van der Waals surface area contributed by atoms with Gasteiger partial charge in [-0.25, -0.2) is 0 Å². The van der Waals surface area contributed by atoms with Crippen LogP contribution in [0, 0.1) is 5.92 Å². The number of hydrogen-bond donors (Lipinski definition) is 5. The molecule has 0 bridgehead atoms. The molecule has 5 heterocycles. The number of ether oxygens (including phenoxy) is 2. The van der Waals surface area contributed by atoms with E-state index in [1.54, 1.807) is 11.8 Å². The number of aromatic nitrogens is 5. The summed E-state index contributed by atoms with van der Waals surface area (Å²) in [5.41, 5.74) is 6.55. The van der Waals surface area contributed by atoms with Crippen molar-refractivity contribution in [1.82, 2.24) is 25.0 Å². The number of carbonyl (C=O) groups excluding carboxylic acids is 3. The molecule has 2 aliphatic rings. The minimum Gasteiger partial charge on any atom is -0.497 e. The molecule has 0 radical (unpaired) electrons. The number of anilines is 3. The summed E-state index contributed by atoms with van der Waals surface area (Å²) in [5, 5.41) is 27.6. The van der Waals surface area contributed by atoms with Gasteiger partial charge in [-0.1, -0.05) is 91.1 Å². The summed E-state index contributed by atoms with van der Waals surface area (Å²) in [4.78, 5) is 51.1. The van der Waals surface area contributed by atoms with Crippen LogP contribution in [0.2, 0.25) is 18.6 Å². The Hall–Kier alpha value is -7.33. The Morgan fingerprint density at radius 3 is 2.10 bits per heavy atom. The summed E-state index contributed by atoms with van der Waals surface area (Å²) in [7, 11) is -0.826. The second-order valence-electron chi connectivity index (χ2n) is 18.9. The molecule has 15 heteroatoms. The number of carbonyl (C=O) groups is 3. The van der Waals surface area contributed by atoms with Crippen molar-refractivity contribution in [2.24, 2.45) is 5.92 Å². The molecule has 3 amide bonds. The van der Waals surface area contributed by atoms with Crippen LogP contribution in [0.25, 0.3) is 21.8 Å². The van der Waals surface area contributed by atoms with Crippen LogP contribution in [-0.2, 0) is 57.1 Å².